The molecule has 22 heavy (non-hydrogen) atoms. The molecular weight excluding hydrogens is 314 g/mol. The summed E-state index contributed by atoms with van der Waals surface area (Å²) in [4.78, 5) is 4.54. The van der Waals surface area contributed by atoms with E-state index in [-0.39, 0.29) is 0 Å². The van der Waals surface area contributed by atoms with Gasteiger partial charge in [-0.2, -0.15) is 0 Å². The molecule has 5 heteroatoms. The molecular formula is C17H17NO2S2. The van der Waals surface area contributed by atoms with Crippen molar-refractivity contribution in [1.82, 2.24) is 4.98 Å². The van der Waals surface area contributed by atoms with Crippen molar-refractivity contribution in [3.63, 3.8) is 0 Å². The monoisotopic (exact) mass is 331 g/mol. The fourth-order valence-electron chi connectivity index (χ4n) is 2.03. The van der Waals surface area contributed by atoms with E-state index < -0.39 is 6.10 Å². The Hall–Kier alpha value is -1.56. The molecule has 1 N–H and O–H groups in total. The maximum Gasteiger partial charge on any atom is 0.151 e. The molecule has 1 unspecified atom stereocenters. The van der Waals surface area contributed by atoms with Crippen LogP contribution in [0.15, 0.2) is 52.9 Å². The van der Waals surface area contributed by atoms with Gasteiger partial charge in [0, 0.05) is 5.75 Å². The van der Waals surface area contributed by atoms with Gasteiger partial charge >= 0.3 is 0 Å². The van der Waals surface area contributed by atoms with Gasteiger partial charge in [-0.25, -0.2) is 4.98 Å². The van der Waals surface area contributed by atoms with E-state index in [0.29, 0.717) is 12.4 Å². The van der Waals surface area contributed by atoms with Gasteiger partial charge in [-0.05, 0) is 36.8 Å². The zero-order valence-electron chi connectivity index (χ0n) is 12.2. The molecule has 0 radical (unpaired) electrons. The minimum atomic E-state index is -0.516. The smallest absolute Gasteiger partial charge is 0.151 e. The molecule has 0 fully saturated rings. The summed E-state index contributed by atoms with van der Waals surface area (Å²) in [6, 6.07) is 15.9. The number of aromatic nitrogens is 1. The van der Waals surface area contributed by atoms with Crippen LogP contribution in [0, 0.1) is 6.92 Å². The van der Waals surface area contributed by atoms with Gasteiger partial charge in [-0.3, -0.25) is 0 Å². The van der Waals surface area contributed by atoms with Crippen LogP contribution in [0.2, 0.25) is 0 Å². The summed E-state index contributed by atoms with van der Waals surface area (Å²) < 4.78 is 7.77. The quantitative estimate of drug-likeness (QED) is 0.690. The molecule has 114 valence electrons. The lowest BCUT2D eigenvalue weighted by molar-refractivity contribution is 0.126. The molecule has 0 spiro atoms. The largest absolute Gasteiger partial charge is 0.491 e. The highest BCUT2D eigenvalue weighted by Gasteiger charge is 2.09. The van der Waals surface area contributed by atoms with Gasteiger partial charge in [0.15, 0.2) is 4.34 Å². The summed E-state index contributed by atoms with van der Waals surface area (Å²) in [6.07, 6.45) is -0.516. The summed E-state index contributed by atoms with van der Waals surface area (Å²) >= 11 is 3.23. The number of benzene rings is 2. The second kappa shape index (κ2) is 7.13. The first-order valence-corrected chi connectivity index (χ1v) is 8.87. The number of fused-ring (bicyclic) bond motifs is 1. The standard InChI is InChI=1S/C17H17NO2S2/c1-12-5-4-6-14(9-12)20-10-13(19)11-21-17-18-15-7-2-3-8-16(15)22-17/h2-9,13,19H,10-11H2,1H3. The fourth-order valence-corrected chi connectivity index (χ4v) is 4.03. The lowest BCUT2D eigenvalue weighted by Gasteiger charge is -2.11. The molecule has 0 amide bonds. The molecule has 0 saturated carbocycles. The normalized spacial score (nSPS) is 12.5. The summed E-state index contributed by atoms with van der Waals surface area (Å²) in [5.41, 5.74) is 2.16. The zero-order chi connectivity index (χ0) is 15.4. The average molecular weight is 331 g/mol. The minimum absolute atomic E-state index is 0.293. The molecule has 0 aliphatic rings. The van der Waals surface area contributed by atoms with E-state index in [0.717, 1.165) is 21.2 Å². The summed E-state index contributed by atoms with van der Waals surface area (Å²) in [5.74, 6) is 1.37. The van der Waals surface area contributed by atoms with Crippen molar-refractivity contribution >= 4 is 33.3 Å². The second-order valence-electron chi connectivity index (χ2n) is 5.04. The Morgan fingerprint density at radius 1 is 1.23 bits per heavy atom. The topological polar surface area (TPSA) is 42.4 Å². The third-order valence-electron chi connectivity index (χ3n) is 3.11. The number of ether oxygens (including phenoxy) is 1. The van der Waals surface area contributed by atoms with Gasteiger partial charge in [0.1, 0.15) is 12.4 Å². The number of hydrogen-bond acceptors (Lipinski definition) is 5. The Labute approximate surface area is 138 Å². The van der Waals surface area contributed by atoms with Crippen molar-refractivity contribution in [2.45, 2.75) is 17.4 Å². The number of nitrogens with zero attached hydrogens (tertiary/aromatic N) is 1. The Morgan fingerprint density at radius 2 is 2.09 bits per heavy atom. The maximum absolute atomic E-state index is 10.0. The molecule has 3 aromatic rings. The molecule has 2 aromatic carbocycles. The third kappa shape index (κ3) is 4.00. The van der Waals surface area contributed by atoms with Crippen LogP contribution in [0.25, 0.3) is 10.2 Å². The Balaban J connectivity index is 1.50. The van der Waals surface area contributed by atoms with Crippen molar-refractivity contribution in [2.75, 3.05) is 12.4 Å². The second-order valence-corrected chi connectivity index (χ2v) is 7.34. The van der Waals surface area contributed by atoms with Crippen LogP contribution in [0.5, 0.6) is 5.75 Å². The molecule has 1 atom stereocenters. The summed E-state index contributed by atoms with van der Waals surface area (Å²) in [5, 5.41) is 10.0. The van der Waals surface area contributed by atoms with Crippen LogP contribution >= 0.6 is 23.1 Å². The van der Waals surface area contributed by atoms with E-state index in [1.54, 1.807) is 23.1 Å². The van der Waals surface area contributed by atoms with Crippen LogP contribution in [0.4, 0.5) is 0 Å². The number of aliphatic hydroxyl groups is 1. The Morgan fingerprint density at radius 3 is 2.91 bits per heavy atom. The van der Waals surface area contributed by atoms with Crippen LogP contribution in [-0.4, -0.2) is 28.6 Å². The fraction of sp³-hybridized carbons (Fsp3) is 0.235. The highest BCUT2D eigenvalue weighted by Crippen LogP contribution is 2.29. The highest BCUT2D eigenvalue weighted by molar-refractivity contribution is 8.01. The van der Waals surface area contributed by atoms with Gasteiger partial charge in [0.05, 0.1) is 16.3 Å². The maximum atomic E-state index is 10.0. The lowest BCUT2D eigenvalue weighted by atomic mass is 10.2. The van der Waals surface area contributed by atoms with Crippen LogP contribution < -0.4 is 4.74 Å². The Kier molecular flexibility index (Phi) is 4.97. The van der Waals surface area contributed by atoms with Gasteiger partial charge in [0.2, 0.25) is 0 Å². The third-order valence-corrected chi connectivity index (χ3v) is 5.43. The molecule has 3 nitrogen and oxygen atoms in total. The predicted octanol–water partition coefficient (Wildman–Crippen LogP) is 4.14. The van der Waals surface area contributed by atoms with E-state index in [1.165, 1.54) is 4.70 Å². The highest BCUT2D eigenvalue weighted by atomic mass is 32.2. The van der Waals surface area contributed by atoms with Gasteiger partial charge in [-0.1, -0.05) is 36.0 Å². The van der Waals surface area contributed by atoms with Crippen molar-refractivity contribution in [1.29, 1.82) is 0 Å². The van der Waals surface area contributed by atoms with Crippen molar-refractivity contribution in [3.8, 4) is 5.75 Å². The van der Waals surface area contributed by atoms with Gasteiger partial charge in [-0.15, -0.1) is 11.3 Å². The molecule has 0 aliphatic heterocycles. The number of rotatable bonds is 6. The van der Waals surface area contributed by atoms with E-state index in [2.05, 4.69) is 11.1 Å². The van der Waals surface area contributed by atoms with Crippen LogP contribution in [-0.2, 0) is 0 Å². The predicted molar refractivity (Wildman–Crippen MR) is 93.0 cm³/mol. The first-order chi connectivity index (χ1) is 10.7. The number of hydrogen-bond donors (Lipinski definition) is 1. The number of thiazole rings is 1. The number of para-hydroxylation sites is 1. The lowest BCUT2D eigenvalue weighted by Crippen LogP contribution is -2.20. The van der Waals surface area contributed by atoms with E-state index in [1.807, 2.05) is 49.4 Å². The number of aliphatic hydroxyl groups excluding tert-OH is 1. The van der Waals surface area contributed by atoms with Gasteiger partial charge < -0.3 is 9.84 Å². The molecule has 0 bridgehead atoms. The number of thioether (sulfide) groups is 1. The van der Waals surface area contributed by atoms with Crippen LogP contribution in [0.3, 0.4) is 0 Å². The van der Waals surface area contributed by atoms with Crippen LogP contribution in [0.1, 0.15) is 5.56 Å². The van der Waals surface area contributed by atoms with Crippen molar-refractivity contribution < 1.29 is 9.84 Å². The molecule has 0 aliphatic carbocycles. The molecule has 3 rings (SSSR count). The van der Waals surface area contributed by atoms with E-state index >= 15 is 0 Å². The molecule has 0 saturated heterocycles. The minimum Gasteiger partial charge on any atom is -0.491 e. The van der Waals surface area contributed by atoms with Gasteiger partial charge in [0.25, 0.3) is 0 Å². The van der Waals surface area contributed by atoms with E-state index in [4.69, 9.17) is 4.74 Å². The SMILES string of the molecule is Cc1cccc(OCC(O)CSc2nc3ccccc3s2)c1. The summed E-state index contributed by atoms with van der Waals surface area (Å²) in [6.45, 7) is 2.31. The average Bonchev–Trinajstić information content (AvgIpc) is 2.94. The number of aryl methyl sites for hydroxylation is 1. The summed E-state index contributed by atoms with van der Waals surface area (Å²) in [7, 11) is 0. The zero-order valence-corrected chi connectivity index (χ0v) is 13.9. The molecule has 1 aromatic heterocycles. The van der Waals surface area contributed by atoms with E-state index in [9.17, 15) is 5.11 Å². The molecule has 1 heterocycles. The Bertz CT molecular complexity index is 724. The van der Waals surface area contributed by atoms with Crippen molar-refractivity contribution in [2.24, 2.45) is 0 Å². The first kappa shape index (κ1) is 15.3. The first-order valence-electron chi connectivity index (χ1n) is 7.06. The van der Waals surface area contributed by atoms with Crippen molar-refractivity contribution in [3.05, 3.63) is 54.1 Å².